The standard InChI is InChI=1S/C17H21N3O3S/c1-2-23-16(22)11-7-6-10-15-19-20-17(24-15)18-14(21)12-13-8-4-3-5-9-13/h3-5,8-9H,2,6-7,10-12H2,1H3,(H,18,20,21). The fourth-order valence-corrected chi connectivity index (χ4v) is 2.93. The molecule has 0 aliphatic heterocycles. The molecule has 0 saturated carbocycles. The van der Waals surface area contributed by atoms with Gasteiger partial charge in [-0.3, -0.25) is 9.59 Å². The SMILES string of the molecule is CCOC(=O)CCCCc1nnc(NC(=O)Cc2ccccc2)s1. The zero-order valence-corrected chi connectivity index (χ0v) is 14.5. The van der Waals surface area contributed by atoms with Crippen LogP contribution in [0.3, 0.4) is 0 Å². The van der Waals surface area contributed by atoms with Crippen molar-refractivity contribution >= 4 is 28.3 Å². The van der Waals surface area contributed by atoms with E-state index >= 15 is 0 Å². The van der Waals surface area contributed by atoms with Crippen LogP contribution in [0.5, 0.6) is 0 Å². The van der Waals surface area contributed by atoms with Crippen LogP contribution >= 0.6 is 11.3 Å². The van der Waals surface area contributed by atoms with Gasteiger partial charge in [0.25, 0.3) is 0 Å². The van der Waals surface area contributed by atoms with Gasteiger partial charge in [-0.2, -0.15) is 0 Å². The largest absolute Gasteiger partial charge is 0.466 e. The first-order chi connectivity index (χ1) is 11.7. The number of esters is 1. The van der Waals surface area contributed by atoms with Crippen LogP contribution in [0.4, 0.5) is 5.13 Å². The Morgan fingerprint density at radius 3 is 2.71 bits per heavy atom. The van der Waals surface area contributed by atoms with Crippen molar-refractivity contribution in [1.82, 2.24) is 10.2 Å². The molecule has 0 saturated heterocycles. The highest BCUT2D eigenvalue weighted by molar-refractivity contribution is 7.15. The van der Waals surface area contributed by atoms with E-state index in [0.717, 1.165) is 29.8 Å². The van der Waals surface area contributed by atoms with E-state index in [1.54, 1.807) is 6.92 Å². The summed E-state index contributed by atoms with van der Waals surface area (Å²) in [5, 5.41) is 12.2. The molecule has 0 aliphatic carbocycles. The summed E-state index contributed by atoms with van der Waals surface area (Å²) in [6, 6.07) is 9.55. The molecule has 0 aliphatic rings. The third kappa shape index (κ3) is 6.45. The molecule has 128 valence electrons. The summed E-state index contributed by atoms with van der Waals surface area (Å²) >= 11 is 1.37. The minimum atomic E-state index is -0.163. The molecule has 0 spiro atoms. The van der Waals surface area contributed by atoms with E-state index < -0.39 is 0 Å². The number of nitrogens with one attached hydrogen (secondary N) is 1. The summed E-state index contributed by atoms with van der Waals surface area (Å²) in [5.41, 5.74) is 0.957. The van der Waals surface area contributed by atoms with Crippen LogP contribution in [0.15, 0.2) is 30.3 Å². The molecule has 24 heavy (non-hydrogen) atoms. The zero-order valence-electron chi connectivity index (χ0n) is 13.7. The molecular formula is C17H21N3O3S. The van der Waals surface area contributed by atoms with Crippen molar-refractivity contribution < 1.29 is 14.3 Å². The molecule has 1 aromatic carbocycles. The zero-order chi connectivity index (χ0) is 17.2. The molecule has 1 aromatic heterocycles. The first-order valence-corrected chi connectivity index (χ1v) is 8.81. The third-order valence-corrected chi connectivity index (χ3v) is 4.15. The van der Waals surface area contributed by atoms with E-state index in [1.807, 2.05) is 30.3 Å². The molecule has 2 aromatic rings. The maximum absolute atomic E-state index is 12.0. The van der Waals surface area contributed by atoms with Gasteiger partial charge in [0.1, 0.15) is 5.01 Å². The van der Waals surface area contributed by atoms with Crippen molar-refractivity contribution in [1.29, 1.82) is 0 Å². The second-order valence-corrected chi connectivity index (χ2v) is 6.29. The number of carbonyl (C=O) groups excluding carboxylic acids is 2. The molecule has 0 radical (unpaired) electrons. The van der Waals surface area contributed by atoms with Gasteiger partial charge < -0.3 is 10.1 Å². The number of unbranched alkanes of at least 4 members (excludes halogenated alkanes) is 1. The van der Waals surface area contributed by atoms with Crippen LogP contribution in [-0.2, 0) is 27.2 Å². The summed E-state index contributed by atoms with van der Waals surface area (Å²) in [5.74, 6) is -0.269. The summed E-state index contributed by atoms with van der Waals surface area (Å²) < 4.78 is 4.88. The van der Waals surface area contributed by atoms with Crippen molar-refractivity contribution in [2.24, 2.45) is 0 Å². The Morgan fingerprint density at radius 1 is 1.17 bits per heavy atom. The Hall–Kier alpha value is -2.28. The number of benzene rings is 1. The normalized spacial score (nSPS) is 10.4. The topological polar surface area (TPSA) is 81.2 Å². The van der Waals surface area contributed by atoms with Gasteiger partial charge in [-0.05, 0) is 25.3 Å². The van der Waals surface area contributed by atoms with Gasteiger partial charge in [0.15, 0.2) is 0 Å². The molecule has 0 atom stereocenters. The number of hydrogen-bond donors (Lipinski definition) is 1. The van der Waals surface area contributed by atoms with E-state index in [2.05, 4.69) is 15.5 Å². The van der Waals surface area contributed by atoms with Gasteiger partial charge in [-0.15, -0.1) is 10.2 Å². The monoisotopic (exact) mass is 347 g/mol. The van der Waals surface area contributed by atoms with Gasteiger partial charge in [-0.25, -0.2) is 0 Å². The molecule has 0 unspecified atom stereocenters. The van der Waals surface area contributed by atoms with E-state index in [4.69, 9.17) is 4.74 Å². The molecular weight excluding hydrogens is 326 g/mol. The maximum Gasteiger partial charge on any atom is 0.305 e. The molecule has 0 fully saturated rings. The second kappa shape index (κ2) is 9.77. The van der Waals surface area contributed by atoms with E-state index in [0.29, 0.717) is 24.6 Å². The molecule has 6 nitrogen and oxygen atoms in total. The summed E-state index contributed by atoms with van der Waals surface area (Å²) in [4.78, 5) is 23.2. The average Bonchev–Trinajstić information content (AvgIpc) is 3.00. The highest BCUT2D eigenvalue weighted by atomic mass is 32.1. The van der Waals surface area contributed by atoms with Crippen LogP contribution < -0.4 is 5.32 Å². The van der Waals surface area contributed by atoms with Crippen LogP contribution in [0.25, 0.3) is 0 Å². The van der Waals surface area contributed by atoms with Crippen LogP contribution in [0.1, 0.15) is 36.8 Å². The van der Waals surface area contributed by atoms with E-state index in [1.165, 1.54) is 11.3 Å². The van der Waals surface area contributed by atoms with Crippen molar-refractivity contribution in [3.63, 3.8) is 0 Å². The van der Waals surface area contributed by atoms with Crippen molar-refractivity contribution in [2.45, 2.75) is 39.0 Å². The lowest BCUT2D eigenvalue weighted by Crippen LogP contribution is -2.14. The molecule has 7 heteroatoms. The second-order valence-electron chi connectivity index (χ2n) is 5.22. The Balaban J connectivity index is 1.70. The van der Waals surface area contributed by atoms with Crippen molar-refractivity contribution in [2.75, 3.05) is 11.9 Å². The van der Waals surface area contributed by atoms with Gasteiger partial charge in [0.2, 0.25) is 11.0 Å². The average molecular weight is 347 g/mol. The number of rotatable bonds is 9. The van der Waals surface area contributed by atoms with Gasteiger partial charge in [0, 0.05) is 12.8 Å². The Morgan fingerprint density at radius 2 is 1.96 bits per heavy atom. The predicted molar refractivity (Wildman–Crippen MR) is 92.9 cm³/mol. The Labute approximate surface area is 145 Å². The maximum atomic E-state index is 12.0. The molecule has 2 rings (SSSR count). The van der Waals surface area contributed by atoms with E-state index in [9.17, 15) is 9.59 Å². The number of nitrogens with zero attached hydrogens (tertiary/aromatic N) is 2. The fourth-order valence-electron chi connectivity index (χ4n) is 2.13. The number of aromatic nitrogens is 2. The minimum absolute atomic E-state index is 0.105. The van der Waals surface area contributed by atoms with Crippen molar-refractivity contribution in [3.8, 4) is 0 Å². The van der Waals surface area contributed by atoms with Gasteiger partial charge in [0.05, 0.1) is 13.0 Å². The van der Waals surface area contributed by atoms with Crippen LogP contribution in [0.2, 0.25) is 0 Å². The first-order valence-electron chi connectivity index (χ1n) is 7.99. The molecule has 1 amide bonds. The number of anilines is 1. The number of carbonyl (C=O) groups is 2. The number of ether oxygens (including phenoxy) is 1. The Kier molecular flexibility index (Phi) is 7.35. The molecule has 1 N–H and O–H groups in total. The quantitative estimate of drug-likeness (QED) is 0.557. The molecule has 1 heterocycles. The highest BCUT2D eigenvalue weighted by Gasteiger charge is 2.09. The lowest BCUT2D eigenvalue weighted by molar-refractivity contribution is -0.143. The number of aryl methyl sites for hydroxylation is 1. The van der Waals surface area contributed by atoms with E-state index in [-0.39, 0.29) is 11.9 Å². The Bertz CT molecular complexity index is 658. The van der Waals surface area contributed by atoms with Crippen LogP contribution in [0, 0.1) is 0 Å². The lowest BCUT2D eigenvalue weighted by atomic mass is 10.1. The number of amides is 1. The number of hydrogen-bond acceptors (Lipinski definition) is 6. The third-order valence-electron chi connectivity index (χ3n) is 3.25. The summed E-state index contributed by atoms with van der Waals surface area (Å²) in [6.45, 7) is 2.22. The lowest BCUT2D eigenvalue weighted by Gasteiger charge is -2.01. The smallest absolute Gasteiger partial charge is 0.305 e. The fraction of sp³-hybridized carbons (Fsp3) is 0.412. The van der Waals surface area contributed by atoms with Gasteiger partial charge in [-0.1, -0.05) is 41.7 Å². The predicted octanol–water partition coefficient (Wildman–Crippen LogP) is 3.00. The first kappa shape index (κ1) is 18.1. The summed E-state index contributed by atoms with van der Waals surface area (Å²) in [6.07, 6.45) is 3.08. The highest BCUT2D eigenvalue weighted by Crippen LogP contribution is 2.18. The summed E-state index contributed by atoms with van der Waals surface area (Å²) in [7, 11) is 0. The van der Waals surface area contributed by atoms with Crippen LogP contribution in [-0.4, -0.2) is 28.7 Å². The molecule has 0 bridgehead atoms. The van der Waals surface area contributed by atoms with Gasteiger partial charge >= 0.3 is 5.97 Å². The minimum Gasteiger partial charge on any atom is -0.466 e. The van der Waals surface area contributed by atoms with Crippen molar-refractivity contribution in [3.05, 3.63) is 40.9 Å².